The largest absolute Gasteiger partial charge is 0.324 e. The minimum absolute atomic E-state index is 0.143. The smallest absolute Gasteiger partial charge is 0.0283 e. The van der Waals surface area contributed by atoms with Crippen molar-refractivity contribution in [2.24, 2.45) is 5.73 Å². The van der Waals surface area contributed by atoms with E-state index in [1.807, 2.05) is 0 Å². The zero-order valence-electron chi connectivity index (χ0n) is 10.9. The van der Waals surface area contributed by atoms with Crippen LogP contribution in [0, 0.1) is 0 Å². The lowest BCUT2D eigenvalue weighted by atomic mass is 9.77. The first kappa shape index (κ1) is 12.3. The Balaban J connectivity index is 1.75. The third-order valence-electron chi connectivity index (χ3n) is 4.36. The Morgan fingerprint density at radius 1 is 1.38 bits per heavy atom. The fourth-order valence-corrected chi connectivity index (χ4v) is 3.27. The first-order chi connectivity index (χ1) is 7.63. The van der Waals surface area contributed by atoms with E-state index in [2.05, 4.69) is 23.8 Å². The van der Waals surface area contributed by atoms with Crippen molar-refractivity contribution >= 4 is 0 Å². The van der Waals surface area contributed by atoms with Crippen LogP contribution in [0.3, 0.4) is 0 Å². The number of rotatable bonds is 5. The summed E-state index contributed by atoms with van der Waals surface area (Å²) in [6.45, 7) is 7.05. The summed E-state index contributed by atoms with van der Waals surface area (Å²) in [4.78, 5) is 5.07. The van der Waals surface area contributed by atoms with Crippen LogP contribution in [-0.2, 0) is 0 Å². The third-order valence-corrected chi connectivity index (χ3v) is 4.36. The van der Waals surface area contributed by atoms with Crippen LogP contribution in [0.15, 0.2) is 0 Å². The number of hydrogen-bond donors (Lipinski definition) is 1. The van der Waals surface area contributed by atoms with Gasteiger partial charge in [-0.25, -0.2) is 0 Å². The summed E-state index contributed by atoms with van der Waals surface area (Å²) in [5.41, 5.74) is 6.43. The summed E-state index contributed by atoms with van der Waals surface area (Å²) in [6, 6.07) is 0.777. The Morgan fingerprint density at radius 3 is 2.69 bits per heavy atom. The van der Waals surface area contributed by atoms with Crippen molar-refractivity contribution in [3.8, 4) is 0 Å². The second-order valence-corrected chi connectivity index (χ2v) is 5.84. The molecule has 1 heterocycles. The number of hydrogen-bond acceptors (Lipinski definition) is 3. The van der Waals surface area contributed by atoms with Crippen LogP contribution in [0.2, 0.25) is 0 Å². The van der Waals surface area contributed by atoms with Crippen LogP contribution in [0.1, 0.15) is 39.0 Å². The van der Waals surface area contributed by atoms with Crippen LogP contribution >= 0.6 is 0 Å². The molecule has 94 valence electrons. The van der Waals surface area contributed by atoms with Crippen LogP contribution in [0.4, 0.5) is 0 Å². The monoisotopic (exact) mass is 225 g/mol. The van der Waals surface area contributed by atoms with Gasteiger partial charge in [-0.1, -0.05) is 6.92 Å². The minimum atomic E-state index is 0.143. The van der Waals surface area contributed by atoms with Gasteiger partial charge in [0.25, 0.3) is 0 Å². The molecule has 16 heavy (non-hydrogen) atoms. The lowest BCUT2D eigenvalue weighted by molar-refractivity contribution is 0.135. The van der Waals surface area contributed by atoms with E-state index in [1.165, 1.54) is 51.7 Å². The molecule has 1 saturated carbocycles. The van der Waals surface area contributed by atoms with Crippen molar-refractivity contribution < 1.29 is 0 Å². The number of likely N-dealkylation sites (tertiary alicyclic amines) is 1. The molecule has 1 saturated heterocycles. The number of nitrogens with two attached hydrogens (primary N) is 1. The number of nitrogens with zero attached hydrogens (tertiary/aromatic N) is 2. The molecule has 1 aliphatic heterocycles. The van der Waals surface area contributed by atoms with E-state index in [-0.39, 0.29) is 5.54 Å². The summed E-state index contributed by atoms with van der Waals surface area (Å²) in [6.07, 6.45) is 6.52. The molecule has 2 rings (SSSR count). The molecule has 2 N–H and O–H groups in total. The van der Waals surface area contributed by atoms with E-state index >= 15 is 0 Å². The Hall–Kier alpha value is -0.120. The predicted molar refractivity (Wildman–Crippen MR) is 68.5 cm³/mol. The quantitative estimate of drug-likeness (QED) is 0.765. The maximum atomic E-state index is 6.29. The SMILES string of the molecule is CCN1CCCC1CN(C)CC1(N)CCC1. The lowest BCUT2D eigenvalue weighted by Crippen LogP contribution is -2.55. The molecule has 3 nitrogen and oxygen atoms in total. The third kappa shape index (κ3) is 2.76. The van der Waals surface area contributed by atoms with Gasteiger partial charge < -0.3 is 10.6 Å². The lowest BCUT2D eigenvalue weighted by Gasteiger charge is -2.42. The summed E-state index contributed by atoms with van der Waals surface area (Å²) < 4.78 is 0. The van der Waals surface area contributed by atoms with Gasteiger partial charge in [0.15, 0.2) is 0 Å². The highest BCUT2D eigenvalue weighted by Gasteiger charge is 2.34. The molecule has 0 bridgehead atoms. The Morgan fingerprint density at radius 2 is 2.12 bits per heavy atom. The molecule has 0 spiro atoms. The zero-order valence-corrected chi connectivity index (χ0v) is 10.9. The fourth-order valence-electron chi connectivity index (χ4n) is 3.27. The van der Waals surface area contributed by atoms with E-state index in [0.717, 1.165) is 12.6 Å². The number of likely N-dealkylation sites (N-methyl/N-ethyl adjacent to an activating group) is 2. The van der Waals surface area contributed by atoms with Crippen LogP contribution < -0.4 is 5.73 Å². The van der Waals surface area contributed by atoms with Crippen LogP contribution in [0.25, 0.3) is 0 Å². The van der Waals surface area contributed by atoms with Crippen molar-refractivity contribution in [3.63, 3.8) is 0 Å². The van der Waals surface area contributed by atoms with Gasteiger partial charge >= 0.3 is 0 Å². The molecule has 2 aliphatic rings. The highest BCUT2D eigenvalue weighted by molar-refractivity contribution is 4.95. The first-order valence-electron chi connectivity index (χ1n) is 6.84. The standard InChI is InChI=1S/C13H27N3/c1-3-16-9-4-6-12(16)10-15(2)11-13(14)7-5-8-13/h12H,3-11,14H2,1-2H3. The van der Waals surface area contributed by atoms with Crippen molar-refractivity contribution in [2.75, 3.05) is 33.2 Å². The molecule has 2 fully saturated rings. The molecule has 1 atom stereocenters. The van der Waals surface area contributed by atoms with Gasteiger partial charge in [-0.2, -0.15) is 0 Å². The van der Waals surface area contributed by atoms with Gasteiger partial charge in [0.2, 0.25) is 0 Å². The van der Waals surface area contributed by atoms with Gasteiger partial charge in [-0.15, -0.1) is 0 Å². The summed E-state index contributed by atoms with van der Waals surface area (Å²) >= 11 is 0. The molecule has 0 aromatic carbocycles. The maximum Gasteiger partial charge on any atom is 0.0283 e. The fraction of sp³-hybridized carbons (Fsp3) is 1.00. The highest BCUT2D eigenvalue weighted by Crippen LogP contribution is 2.30. The topological polar surface area (TPSA) is 32.5 Å². The van der Waals surface area contributed by atoms with Gasteiger partial charge in [0, 0.05) is 24.7 Å². The second-order valence-electron chi connectivity index (χ2n) is 5.84. The summed E-state index contributed by atoms with van der Waals surface area (Å²) in [5, 5.41) is 0. The Labute approximate surface area is 100.0 Å². The van der Waals surface area contributed by atoms with Gasteiger partial charge in [0.1, 0.15) is 0 Å². The van der Waals surface area contributed by atoms with Crippen LogP contribution in [-0.4, -0.2) is 54.6 Å². The van der Waals surface area contributed by atoms with E-state index in [4.69, 9.17) is 5.73 Å². The molecule has 0 aromatic heterocycles. The Bertz CT molecular complexity index is 225. The molecular formula is C13H27N3. The van der Waals surface area contributed by atoms with Crippen molar-refractivity contribution in [1.82, 2.24) is 9.80 Å². The van der Waals surface area contributed by atoms with Gasteiger partial charge in [-0.05, 0) is 52.2 Å². The zero-order chi connectivity index (χ0) is 11.6. The second kappa shape index (κ2) is 5.03. The molecule has 1 unspecified atom stereocenters. The average Bonchev–Trinajstić information content (AvgIpc) is 2.62. The summed E-state index contributed by atoms with van der Waals surface area (Å²) in [5.74, 6) is 0. The van der Waals surface area contributed by atoms with Gasteiger partial charge in [-0.3, -0.25) is 4.90 Å². The average molecular weight is 225 g/mol. The molecule has 3 heteroatoms. The van der Waals surface area contributed by atoms with Crippen molar-refractivity contribution in [1.29, 1.82) is 0 Å². The first-order valence-corrected chi connectivity index (χ1v) is 6.84. The molecule has 0 amide bonds. The molecule has 1 aliphatic carbocycles. The van der Waals surface area contributed by atoms with Gasteiger partial charge in [0.05, 0.1) is 0 Å². The highest BCUT2D eigenvalue weighted by atomic mass is 15.2. The van der Waals surface area contributed by atoms with Crippen molar-refractivity contribution in [2.45, 2.75) is 50.6 Å². The minimum Gasteiger partial charge on any atom is -0.324 e. The van der Waals surface area contributed by atoms with Crippen LogP contribution in [0.5, 0.6) is 0 Å². The van der Waals surface area contributed by atoms with Crippen molar-refractivity contribution in [3.05, 3.63) is 0 Å². The van der Waals surface area contributed by atoms with E-state index in [9.17, 15) is 0 Å². The molecule has 0 aromatic rings. The predicted octanol–water partition coefficient (Wildman–Crippen LogP) is 1.28. The molecule has 0 radical (unpaired) electrons. The summed E-state index contributed by atoms with van der Waals surface area (Å²) in [7, 11) is 2.24. The normalized spacial score (nSPS) is 29.6. The van der Waals surface area contributed by atoms with E-state index in [1.54, 1.807) is 0 Å². The van der Waals surface area contributed by atoms with E-state index < -0.39 is 0 Å². The maximum absolute atomic E-state index is 6.29. The van der Waals surface area contributed by atoms with E-state index in [0.29, 0.717) is 0 Å². The Kier molecular flexibility index (Phi) is 3.88. The molecular weight excluding hydrogens is 198 g/mol.